The van der Waals surface area contributed by atoms with Crippen LogP contribution in [0.25, 0.3) is 0 Å². The number of hydrogen-bond acceptors (Lipinski definition) is 4. The Morgan fingerprint density at radius 2 is 1.73 bits per heavy atom. The second-order valence-corrected chi connectivity index (χ2v) is 6.14. The lowest BCUT2D eigenvalue weighted by Crippen LogP contribution is -2.37. The second-order valence-electron chi connectivity index (χ2n) is 5.30. The molecule has 0 fully saturated rings. The number of nitrogens with zero attached hydrogens (tertiary/aromatic N) is 1. The summed E-state index contributed by atoms with van der Waals surface area (Å²) in [5.74, 6) is -1.81. The number of ether oxygens (including phenoxy) is 1. The number of halogens is 2. The largest absolute Gasteiger partial charge is 0.452 e. The van der Waals surface area contributed by atoms with Crippen LogP contribution < -0.4 is 10.6 Å². The molecule has 2 aromatic carbocycles. The van der Waals surface area contributed by atoms with E-state index >= 15 is 0 Å². The van der Waals surface area contributed by atoms with Crippen LogP contribution in [0.5, 0.6) is 0 Å². The Hall–Kier alpha value is -2.57. The van der Waals surface area contributed by atoms with E-state index in [0.717, 1.165) is 0 Å². The number of carbonyl (C=O) groups excluding carboxylic acids is 3. The molecule has 2 amide bonds. The van der Waals surface area contributed by atoms with Crippen LogP contribution >= 0.6 is 23.2 Å². The number of amides is 2. The smallest absolute Gasteiger partial charge is 0.340 e. The van der Waals surface area contributed by atoms with Gasteiger partial charge < -0.3 is 15.4 Å². The van der Waals surface area contributed by atoms with Gasteiger partial charge in [0.05, 0.1) is 10.6 Å². The van der Waals surface area contributed by atoms with Crippen molar-refractivity contribution in [1.82, 2.24) is 0 Å². The summed E-state index contributed by atoms with van der Waals surface area (Å²) < 4.78 is 5.05. The molecule has 26 heavy (non-hydrogen) atoms. The first-order valence-electron chi connectivity index (χ1n) is 7.64. The number of esters is 1. The first-order chi connectivity index (χ1) is 12.4. The zero-order valence-electron chi connectivity index (χ0n) is 13.7. The third kappa shape index (κ3) is 5.47. The molecule has 136 valence electrons. The Balaban J connectivity index is 2.07. The molecule has 6 nitrogen and oxygen atoms in total. The van der Waals surface area contributed by atoms with Gasteiger partial charge in [0.25, 0.3) is 5.91 Å². The van der Waals surface area contributed by atoms with E-state index in [2.05, 4.69) is 0 Å². The predicted molar refractivity (Wildman–Crippen MR) is 99.4 cm³/mol. The number of nitrogens with two attached hydrogens (primary N) is 1. The lowest BCUT2D eigenvalue weighted by Gasteiger charge is -2.22. The SMILES string of the molecule is NC(=O)CCN(C(=O)COC(=O)c1cc(Cl)ccc1Cl)c1ccccc1. The quantitative estimate of drug-likeness (QED) is 0.730. The van der Waals surface area contributed by atoms with Crippen LogP contribution in [0.2, 0.25) is 10.0 Å². The number of primary amides is 1. The maximum Gasteiger partial charge on any atom is 0.340 e. The highest BCUT2D eigenvalue weighted by molar-refractivity contribution is 6.35. The molecule has 0 unspecified atom stereocenters. The van der Waals surface area contributed by atoms with E-state index in [9.17, 15) is 14.4 Å². The third-order valence-electron chi connectivity index (χ3n) is 3.43. The van der Waals surface area contributed by atoms with E-state index < -0.39 is 24.4 Å². The molecule has 2 N–H and O–H groups in total. The highest BCUT2D eigenvalue weighted by Gasteiger charge is 2.20. The topological polar surface area (TPSA) is 89.7 Å². The van der Waals surface area contributed by atoms with Crippen LogP contribution in [-0.2, 0) is 14.3 Å². The Morgan fingerprint density at radius 1 is 1.04 bits per heavy atom. The zero-order valence-corrected chi connectivity index (χ0v) is 15.2. The molecule has 0 atom stereocenters. The summed E-state index contributed by atoms with van der Waals surface area (Å²) in [7, 11) is 0. The van der Waals surface area contributed by atoms with Gasteiger partial charge in [-0.05, 0) is 30.3 Å². The normalized spacial score (nSPS) is 10.2. The number of benzene rings is 2. The molecule has 0 saturated carbocycles. The fourth-order valence-electron chi connectivity index (χ4n) is 2.16. The second kappa shape index (κ2) is 9.22. The van der Waals surface area contributed by atoms with Gasteiger partial charge in [0.1, 0.15) is 0 Å². The van der Waals surface area contributed by atoms with Crippen molar-refractivity contribution in [1.29, 1.82) is 0 Å². The average molecular weight is 395 g/mol. The van der Waals surface area contributed by atoms with Crippen molar-refractivity contribution < 1.29 is 19.1 Å². The van der Waals surface area contributed by atoms with Gasteiger partial charge in [-0.25, -0.2) is 4.79 Å². The first-order valence-corrected chi connectivity index (χ1v) is 8.40. The highest BCUT2D eigenvalue weighted by Crippen LogP contribution is 2.21. The van der Waals surface area contributed by atoms with E-state index in [1.165, 1.54) is 23.1 Å². The van der Waals surface area contributed by atoms with E-state index in [1.807, 2.05) is 0 Å². The van der Waals surface area contributed by atoms with Gasteiger partial charge in [0, 0.05) is 23.7 Å². The number of carbonyl (C=O) groups is 3. The van der Waals surface area contributed by atoms with E-state index in [0.29, 0.717) is 10.7 Å². The Labute approximate surface area is 160 Å². The zero-order chi connectivity index (χ0) is 19.1. The fourth-order valence-corrected chi connectivity index (χ4v) is 2.53. The third-order valence-corrected chi connectivity index (χ3v) is 3.99. The van der Waals surface area contributed by atoms with Crippen molar-refractivity contribution >= 4 is 46.7 Å². The number of para-hydroxylation sites is 1. The van der Waals surface area contributed by atoms with Crippen LogP contribution in [-0.4, -0.2) is 30.9 Å². The summed E-state index contributed by atoms with van der Waals surface area (Å²) in [6.45, 7) is -0.441. The van der Waals surface area contributed by atoms with Gasteiger partial charge in [0.2, 0.25) is 5.91 Å². The van der Waals surface area contributed by atoms with Crippen molar-refractivity contribution in [2.24, 2.45) is 5.73 Å². The fraction of sp³-hybridized carbons (Fsp3) is 0.167. The van der Waals surface area contributed by atoms with Gasteiger partial charge in [0.15, 0.2) is 6.61 Å². The van der Waals surface area contributed by atoms with Gasteiger partial charge >= 0.3 is 5.97 Å². The minimum absolute atomic E-state index is 0.0191. The molecule has 0 saturated heterocycles. The summed E-state index contributed by atoms with van der Waals surface area (Å²) in [6, 6.07) is 13.1. The van der Waals surface area contributed by atoms with E-state index in [1.54, 1.807) is 30.3 Å². The molecule has 8 heteroatoms. The van der Waals surface area contributed by atoms with Crippen molar-refractivity contribution in [2.45, 2.75) is 6.42 Å². The monoisotopic (exact) mass is 394 g/mol. The van der Waals surface area contributed by atoms with Gasteiger partial charge in [-0.3, -0.25) is 9.59 Å². The Bertz CT molecular complexity index is 812. The molecule has 2 aromatic rings. The molecule has 0 aromatic heterocycles. The van der Waals surface area contributed by atoms with Crippen molar-refractivity contribution in [3.05, 3.63) is 64.1 Å². The molecular formula is C18H16Cl2N2O4. The molecule has 0 bridgehead atoms. The van der Waals surface area contributed by atoms with E-state index in [4.69, 9.17) is 33.7 Å². The maximum absolute atomic E-state index is 12.5. The predicted octanol–water partition coefficient (Wildman–Crippen LogP) is 3.06. The van der Waals surface area contributed by atoms with Crippen LogP contribution in [0.4, 0.5) is 5.69 Å². The molecule has 0 heterocycles. The summed E-state index contributed by atoms with van der Waals surface area (Å²) in [6.07, 6.45) is -0.0191. The standard InChI is InChI=1S/C18H16Cl2N2O4/c19-12-6-7-15(20)14(10-12)18(25)26-11-17(24)22(9-8-16(21)23)13-4-2-1-3-5-13/h1-7,10H,8-9,11H2,(H2,21,23). The Morgan fingerprint density at radius 3 is 2.38 bits per heavy atom. The van der Waals surface area contributed by atoms with Crippen LogP contribution in [0.3, 0.4) is 0 Å². The average Bonchev–Trinajstić information content (AvgIpc) is 2.62. The van der Waals surface area contributed by atoms with Crippen LogP contribution in [0.15, 0.2) is 48.5 Å². The minimum atomic E-state index is -0.770. The molecular weight excluding hydrogens is 379 g/mol. The van der Waals surface area contributed by atoms with Gasteiger partial charge in [-0.15, -0.1) is 0 Å². The summed E-state index contributed by atoms with van der Waals surface area (Å²) >= 11 is 11.8. The molecule has 0 aliphatic heterocycles. The molecule has 2 rings (SSSR count). The lowest BCUT2D eigenvalue weighted by molar-refractivity contribution is -0.121. The van der Waals surface area contributed by atoms with Crippen LogP contribution in [0.1, 0.15) is 16.8 Å². The van der Waals surface area contributed by atoms with Crippen LogP contribution in [0, 0.1) is 0 Å². The number of anilines is 1. The van der Waals surface area contributed by atoms with E-state index in [-0.39, 0.29) is 23.6 Å². The van der Waals surface area contributed by atoms with Crippen molar-refractivity contribution in [2.75, 3.05) is 18.1 Å². The first kappa shape index (κ1) is 19.8. The summed E-state index contributed by atoms with van der Waals surface area (Å²) in [4.78, 5) is 37.0. The molecule has 0 aliphatic rings. The maximum atomic E-state index is 12.5. The highest BCUT2D eigenvalue weighted by atomic mass is 35.5. The molecule has 0 radical (unpaired) electrons. The van der Waals surface area contributed by atoms with Crippen molar-refractivity contribution in [3.63, 3.8) is 0 Å². The van der Waals surface area contributed by atoms with Gasteiger partial charge in [-0.2, -0.15) is 0 Å². The summed E-state index contributed by atoms with van der Waals surface area (Å²) in [5.41, 5.74) is 5.79. The number of hydrogen-bond donors (Lipinski definition) is 1. The van der Waals surface area contributed by atoms with Crippen molar-refractivity contribution in [3.8, 4) is 0 Å². The molecule has 0 aliphatic carbocycles. The Kier molecular flexibility index (Phi) is 7.00. The lowest BCUT2D eigenvalue weighted by atomic mass is 10.2. The summed E-state index contributed by atoms with van der Waals surface area (Å²) in [5, 5.41) is 0.487. The minimum Gasteiger partial charge on any atom is -0.452 e. The number of rotatable bonds is 7. The van der Waals surface area contributed by atoms with Gasteiger partial charge in [-0.1, -0.05) is 41.4 Å². The molecule has 0 spiro atoms.